The van der Waals surface area contributed by atoms with Gasteiger partial charge >= 0.3 is 5.97 Å². The van der Waals surface area contributed by atoms with E-state index in [2.05, 4.69) is 15.3 Å². The van der Waals surface area contributed by atoms with E-state index >= 15 is 0 Å². The minimum Gasteiger partial charge on any atom is -0.481 e. The lowest BCUT2D eigenvalue weighted by Gasteiger charge is -1.94. The van der Waals surface area contributed by atoms with E-state index in [0.29, 0.717) is 18.7 Å². The summed E-state index contributed by atoms with van der Waals surface area (Å²) in [6, 6.07) is 0. The smallest absolute Gasteiger partial charge is 0.303 e. The number of aryl methyl sites for hydroxylation is 1. The SMILES string of the molecule is O=C(O)CCc1cn(Cc2cscn2)nn1. The Labute approximate surface area is 95.6 Å². The molecule has 0 aliphatic carbocycles. The Morgan fingerprint density at radius 2 is 2.38 bits per heavy atom. The summed E-state index contributed by atoms with van der Waals surface area (Å²) in [5.74, 6) is -0.825. The summed E-state index contributed by atoms with van der Waals surface area (Å²) in [6.45, 7) is 0.573. The number of nitrogens with zero attached hydrogens (tertiary/aromatic N) is 4. The fraction of sp³-hybridized carbons (Fsp3) is 0.333. The number of hydrogen-bond acceptors (Lipinski definition) is 5. The van der Waals surface area contributed by atoms with Gasteiger partial charge in [0.1, 0.15) is 0 Å². The van der Waals surface area contributed by atoms with Crippen molar-refractivity contribution in [3.8, 4) is 0 Å². The van der Waals surface area contributed by atoms with E-state index in [-0.39, 0.29) is 6.42 Å². The fourth-order valence-corrected chi connectivity index (χ4v) is 1.80. The van der Waals surface area contributed by atoms with Gasteiger partial charge < -0.3 is 5.11 Å². The summed E-state index contributed by atoms with van der Waals surface area (Å²) in [4.78, 5) is 14.5. The monoisotopic (exact) mass is 238 g/mol. The molecule has 2 aromatic rings. The van der Waals surface area contributed by atoms with Crippen molar-refractivity contribution in [1.29, 1.82) is 0 Å². The Morgan fingerprint density at radius 1 is 1.50 bits per heavy atom. The molecule has 0 amide bonds. The third-order valence-corrected chi connectivity index (χ3v) is 2.62. The largest absolute Gasteiger partial charge is 0.481 e. The third-order valence-electron chi connectivity index (χ3n) is 1.99. The van der Waals surface area contributed by atoms with Gasteiger partial charge in [0.25, 0.3) is 0 Å². The van der Waals surface area contributed by atoms with Crippen molar-refractivity contribution in [3.63, 3.8) is 0 Å². The van der Waals surface area contributed by atoms with E-state index in [4.69, 9.17) is 5.11 Å². The number of aromatic nitrogens is 4. The summed E-state index contributed by atoms with van der Waals surface area (Å²) in [5.41, 5.74) is 3.38. The van der Waals surface area contributed by atoms with Crippen LogP contribution in [0.2, 0.25) is 0 Å². The minimum absolute atomic E-state index is 0.0788. The van der Waals surface area contributed by atoms with Gasteiger partial charge in [-0.05, 0) is 0 Å². The normalized spacial score (nSPS) is 10.5. The van der Waals surface area contributed by atoms with Crippen LogP contribution in [0.5, 0.6) is 0 Å². The highest BCUT2D eigenvalue weighted by molar-refractivity contribution is 7.07. The topological polar surface area (TPSA) is 80.9 Å². The van der Waals surface area contributed by atoms with Gasteiger partial charge in [0.2, 0.25) is 0 Å². The van der Waals surface area contributed by atoms with Crippen LogP contribution in [0.25, 0.3) is 0 Å². The Hall–Kier alpha value is -1.76. The maximum atomic E-state index is 10.4. The van der Waals surface area contributed by atoms with E-state index in [1.165, 1.54) is 11.3 Å². The first-order valence-corrected chi connectivity index (χ1v) is 5.66. The van der Waals surface area contributed by atoms with Gasteiger partial charge in [-0.3, -0.25) is 4.79 Å². The van der Waals surface area contributed by atoms with E-state index in [1.54, 1.807) is 16.4 Å². The average molecular weight is 238 g/mol. The molecule has 7 heteroatoms. The Morgan fingerprint density at radius 3 is 3.06 bits per heavy atom. The van der Waals surface area contributed by atoms with E-state index in [9.17, 15) is 4.79 Å². The molecule has 6 nitrogen and oxygen atoms in total. The summed E-state index contributed by atoms with van der Waals surface area (Å²) < 4.78 is 1.66. The number of carboxylic acids is 1. The summed E-state index contributed by atoms with van der Waals surface area (Å²) in [5, 5.41) is 18.3. The maximum Gasteiger partial charge on any atom is 0.303 e. The Bertz CT molecular complexity index is 466. The van der Waals surface area contributed by atoms with Crippen molar-refractivity contribution < 1.29 is 9.90 Å². The molecule has 1 N–H and O–H groups in total. The van der Waals surface area contributed by atoms with E-state index in [0.717, 1.165) is 5.69 Å². The fourth-order valence-electron chi connectivity index (χ4n) is 1.25. The van der Waals surface area contributed by atoms with Crippen LogP contribution in [-0.2, 0) is 17.8 Å². The summed E-state index contributed by atoms with van der Waals surface area (Å²) >= 11 is 1.53. The number of carboxylic acid groups (broad SMARTS) is 1. The molecule has 0 radical (unpaired) electrons. The minimum atomic E-state index is -0.825. The molecule has 0 atom stereocenters. The molecule has 2 aromatic heterocycles. The number of rotatable bonds is 5. The van der Waals surface area contributed by atoms with Crippen LogP contribution >= 0.6 is 11.3 Å². The second kappa shape index (κ2) is 4.84. The molecule has 0 aromatic carbocycles. The maximum absolute atomic E-state index is 10.4. The first kappa shape index (κ1) is 10.7. The third kappa shape index (κ3) is 2.86. The number of aliphatic carboxylic acids is 1. The van der Waals surface area contributed by atoms with Crippen LogP contribution in [0.15, 0.2) is 17.1 Å². The summed E-state index contributed by atoms with van der Waals surface area (Å²) in [7, 11) is 0. The van der Waals surface area contributed by atoms with Gasteiger partial charge in [-0.15, -0.1) is 16.4 Å². The van der Waals surface area contributed by atoms with Crippen LogP contribution in [0, 0.1) is 0 Å². The lowest BCUT2D eigenvalue weighted by Crippen LogP contribution is -2.00. The van der Waals surface area contributed by atoms with Gasteiger partial charge in [0, 0.05) is 18.0 Å². The molecule has 0 saturated heterocycles. The average Bonchev–Trinajstić information content (AvgIpc) is 2.87. The van der Waals surface area contributed by atoms with Crippen molar-refractivity contribution in [1.82, 2.24) is 20.0 Å². The molecule has 0 unspecified atom stereocenters. The number of carbonyl (C=O) groups is 1. The molecule has 2 rings (SSSR count). The molecule has 0 saturated carbocycles. The summed E-state index contributed by atoms with van der Waals surface area (Å²) in [6.07, 6.45) is 2.24. The van der Waals surface area contributed by atoms with E-state index < -0.39 is 5.97 Å². The zero-order valence-corrected chi connectivity index (χ0v) is 9.22. The highest BCUT2D eigenvalue weighted by Crippen LogP contribution is 2.04. The van der Waals surface area contributed by atoms with E-state index in [1.807, 2.05) is 5.38 Å². The lowest BCUT2D eigenvalue weighted by atomic mass is 10.2. The molecule has 0 spiro atoms. The second-order valence-corrected chi connectivity index (χ2v) is 4.00. The van der Waals surface area contributed by atoms with Crippen LogP contribution in [0.3, 0.4) is 0 Å². The van der Waals surface area contributed by atoms with Crippen molar-refractivity contribution in [2.24, 2.45) is 0 Å². The molecule has 0 aliphatic rings. The Balaban J connectivity index is 1.94. The highest BCUT2D eigenvalue weighted by Gasteiger charge is 2.04. The zero-order chi connectivity index (χ0) is 11.4. The van der Waals surface area contributed by atoms with Crippen LogP contribution < -0.4 is 0 Å². The van der Waals surface area contributed by atoms with Crippen LogP contribution in [-0.4, -0.2) is 31.1 Å². The quantitative estimate of drug-likeness (QED) is 0.833. The standard InChI is InChI=1S/C9H10N4O2S/c14-9(15)2-1-7-3-13(12-11-7)4-8-5-16-6-10-8/h3,5-6H,1-2,4H2,(H,14,15). The number of hydrogen-bond donors (Lipinski definition) is 1. The second-order valence-electron chi connectivity index (χ2n) is 3.28. The van der Waals surface area contributed by atoms with Crippen LogP contribution in [0.1, 0.15) is 17.8 Å². The molecular weight excluding hydrogens is 228 g/mol. The molecule has 0 fully saturated rings. The van der Waals surface area contributed by atoms with Crippen molar-refractivity contribution in [3.05, 3.63) is 28.5 Å². The van der Waals surface area contributed by atoms with Crippen LogP contribution in [0.4, 0.5) is 0 Å². The van der Waals surface area contributed by atoms with Crippen molar-refractivity contribution in [2.45, 2.75) is 19.4 Å². The van der Waals surface area contributed by atoms with Gasteiger partial charge in [-0.25, -0.2) is 9.67 Å². The zero-order valence-electron chi connectivity index (χ0n) is 8.41. The Kier molecular flexibility index (Phi) is 3.25. The van der Waals surface area contributed by atoms with Gasteiger partial charge in [-0.2, -0.15) is 0 Å². The van der Waals surface area contributed by atoms with Gasteiger partial charge in [0.15, 0.2) is 0 Å². The lowest BCUT2D eigenvalue weighted by molar-refractivity contribution is -0.136. The molecule has 16 heavy (non-hydrogen) atoms. The highest BCUT2D eigenvalue weighted by atomic mass is 32.1. The van der Waals surface area contributed by atoms with Crippen molar-refractivity contribution in [2.75, 3.05) is 0 Å². The molecule has 0 aliphatic heterocycles. The predicted octanol–water partition coefficient (Wildman–Crippen LogP) is 0.800. The first-order chi connectivity index (χ1) is 7.74. The predicted molar refractivity (Wildman–Crippen MR) is 57.2 cm³/mol. The molecule has 0 bridgehead atoms. The van der Waals surface area contributed by atoms with Gasteiger partial charge in [-0.1, -0.05) is 5.21 Å². The number of thiazole rings is 1. The first-order valence-electron chi connectivity index (χ1n) is 4.72. The molecular formula is C9H10N4O2S. The van der Waals surface area contributed by atoms with Gasteiger partial charge in [0.05, 0.1) is 29.9 Å². The molecule has 84 valence electrons. The van der Waals surface area contributed by atoms with Crippen molar-refractivity contribution >= 4 is 17.3 Å². The molecule has 2 heterocycles.